The van der Waals surface area contributed by atoms with Gasteiger partial charge in [0.1, 0.15) is 0 Å². The molecule has 0 heterocycles. The third-order valence-electron chi connectivity index (χ3n) is 4.37. The van der Waals surface area contributed by atoms with E-state index in [0.29, 0.717) is 27.6 Å². The van der Waals surface area contributed by atoms with Crippen LogP contribution in [-0.4, -0.2) is 32.1 Å². The van der Waals surface area contributed by atoms with Gasteiger partial charge in [-0.05, 0) is 36.6 Å². The summed E-state index contributed by atoms with van der Waals surface area (Å²) in [5.74, 6) is -0.112. The number of esters is 1. The van der Waals surface area contributed by atoms with E-state index < -0.39 is 12.1 Å². The Morgan fingerprint density at radius 3 is 2.48 bits per heavy atom. The molecule has 1 amide bonds. The fourth-order valence-electron chi connectivity index (χ4n) is 2.76. The minimum atomic E-state index is -1.01. The first kappa shape index (κ1) is 20.7. The second-order valence-corrected chi connectivity index (χ2v) is 6.99. The van der Waals surface area contributed by atoms with Crippen LogP contribution in [0.15, 0.2) is 48.5 Å². The molecule has 1 fully saturated rings. The van der Waals surface area contributed by atoms with Crippen LogP contribution in [-0.2, 0) is 14.3 Å². The minimum Gasteiger partial charge on any atom is -0.493 e. The van der Waals surface area contributed by atoms with Crippen LogP contribution in [0.3, 0.4) is 0 Å². The molecule has 0 saturated heterocycles. The summed E-state index contributed by atoms with van der Waals surface area (Å²) in [5.41, 5.74) is 1.24. The van der Waals surface area contributed by atoms with E-state index in [1.54, 1.807) is 36.4 Å². The van der Waals surface area contributed by atoms with Crippen molar-refractivity contribution in [2.75, 3.05) is 14.2 Å². The summed E-state index contributed by atoms with van der Waals surface area (Å²) in [5, 5.41) is 3.23. The molecule has 2 aromatic carbocycles. The molecule has 1 aliphatic carbocycles. The predicted molar refractivity (Wildman–Crippen MR) is 110 cm³/mol. The molecular formula is C22H22ClNO5. The van der Waals surface area contributed by atoms with Crippen LogP contribution in [0, 0.1) is 0 Å². The Hall–Kier alpha value is -2.99. The Labute approximate surface area is 174 Å². The molecule has 0 spiro atoms. The molecule has 0 radical (unpaired) electrons. The van der Waals surface area contributed by atoms with E-state index in [-0.39, 0.29) is 11.9 Å². The molecule has 1 atom stereocenters. The van der Waals surface area contributed by atoms with E-state index in [1.165, 1.54) is 26.4 Å². The Kier molecular flexibility index (Phi) is 6.77. The molecule has 6 nitrogen and oxygen atoms in total. The Balaban J connectivity index is 1.74. The smallest absolute Gasteiger partial charge is 0.331 e. The fraction of sp³-hybridized carbons (Fsp3) is 0.273. The Bertz CT molecular complexity index is 909. The number of nitrogens with one attached hydrogen (secondary N) is 1. The summed E-state index contributed by atoms with van der Waals surface area (Å²) in [4.78, 5) is 24.9. The first-order chi connectivity index (χ1) is 14.0. The molecular weight excluding hydrogens is 394 g/mol. The van der Waals surface area contributed by atoms with Crippen LogP contribution >= 0.6 is 11.6 Å². The van der Waals surface area contributed by atoms with Gasteiger partial charge in [0.15, 0.2) is 11.5 Å². The van der Waals surface area contributed by atoms with Crippen molar-refractivity contribution in [1.82, 2.24) is 5.32 Å². The monoisotopic (exact) mass is 415 g/mol. The van der Waals surface area contributed by atoms with E-state index >= 15 is 0 Å². The second-order valence-electron chi connectivity index (χ2n) is 6.58. The Morgan fingerprint density at radius 1 is 1.14 bits per heavy atom. The standard InChI is InChI=1S/C22H22ClNO5/c1-27-18-13-14(12-17(23)21(18)28-2)8-11-19(25)29-20(15-6-4-3-5-7-15)22(26)24-16-9-10-16/h3-8,11-13,16,20H,9-10H2,1-2H3,(H,24,26)/b11-8+/t20-/m0/s1. The normalized spacial score (nSPS) is 14.3. The SMILES string of the molecule is COc1cc(/C=C/C(=O)O[C@H](C(=O)NC2CC2)c2ccccc2)cc(Cl)c1OC. The third-order valence-corrected chi connectivity index (χ3v) is 4.65. The zero-order valence-electron chi connectivity index (χ0n) is 16.2. The molecule has 0 unspecified atom stereocenters. The quantitative estimate of drug-likeness (QED) is 0.522. The van der Waals surface area contributed by atoms with Gasteiger partial charge in [0.25, 0.3) is 5.91 Å². The first-order valence-electron chi connectivity index (χ1n) is 9.17. The third kappa shape index (κ3) is 5.51. The number of carbonyl (C=O) groups is 2. The van der Waals surface area contributed by atoms with Crippen molar-refractivity contribution >= 4 is 29.6 Å². The van der Waals surface area contributed by atoms with Crippen molar-refractivity contribution in [2.24, 2.45) is 0 Å². The maximum absolute atomic E-state index is 12.5. The average Bonchev–Trinajstić information content (AvgIpc) is 3.54. The zero-order chi connectivity index (χ0) is 20.8. The van der Waals surface area contributed by atoms with Gasteiger partial charge in [-0.2, -0.15) is 0 Å². The van der Waals surface area contributed by atoms with Gasteiger partial charge in [-0.15, -0.1) is 0 Å². The number of ether oxygens (including phenoxy) is 3. The lowest BCUT2D eigenvalue weighted by atomic mass is 10.1. The summed E-state index contributed by atoms with van der Waals surface area (Å²) >= 11 is 6.18. The number of benzene rings is 2. The number of halogens is 1. The van der Waals surface area contributed by atoms with Gasteiger partial charge in [-0.3, -0.25) is 4.79 Å². The highest BCUT2D eigenvalue weighted by atomic mass is 35.5. The van der Waals surface area contributed by atoms with Crippen molar-refractivity contribution in [3.63, 3.8) is 0 Å². The van der Waals surface area contributed by atoms with Gasteiger partial charge in [0.05, 0.1) is 19.2 Å². The Morgan fingerprint density at radius 2 is 1.86 bits per heavy atom. The molecule has 1 aliphatic rings. The molecule has 0 bridgehead atoms. The maximum atomic E-state index is 12.5. The van der Waals surface area contributed by atoms with E-state index in [1.807, 2.05) is 6.07 Å². The highest BCUT2D eigenvalue weighted by Crippen LogP contribution is 2.36. The number of hydrogen-bond acceptors (Lipinski definition) is 5. The number of methoxy groups -OCH3 is 2. The van der Waals surface area contributed by atoms with E-state index in [9.17, 15) is 9.59 Å². The molecule has 3 rings (SSSR count). The van der Waals surface area contributed by atoms with Gasteiger partial charge >= 0.3 is 5.97 Å². The highest BCUT2D eigenvalue weighted by Gasteiger charge is 2.30. The van der Waals surface area contributed by atoms with Gasteiger partial charge < -0.3 is 19.5 Å². The lowest BCUT2D eigenvalue weighted by Crippen LogP contribution is -2.33. The average molecular weight is 416 g/mol. The van der Waals surface area contributed by atoms with Crippen LogP contribution in [0.25, 0.3) is 6.08 Å². The largest absolute Gasteiger partial charge is 0.493 e. The van der Waals surface area contributed by atoms with Crippen molar-refractivity contribution in [3.8, 4) is 11.5 Å². The number of hydrogen-bond donors (Lipinski definition) is 1. The highest BCUT2D eigenvalue weighted by molar-refractivity contribution is 6.32. The fourth-order valence-corrected chi connectivity index (χ4v) is 3.06. The van der Waals surface area contributed by atoms with Crippen molar-refractivity contribution in [2.45, 2.75) is 25.0 Å². The lowest BCUT2D eigenvalue weighted by molar-refractivity contribution is -0.151. The van der Waals surface area contributed by atoms with Crippen LogP contribution in [0.4, 0.5) is 0 Å². The van der Waals surface area contributed by atoms with E-state index in [4.69, 9.17) is 25.8 Å². The number of carbonyl (C=O) groups excluding carboxylic acids is 2. The summed E-state index contributed by atoms with van der Waals surface area (Å²) in [6.45, 7) is 0. The van der Waals surface area contributed by atoms with Gasteiger partial charge in [-0.25, -0.2) is 4.79 Å². The summed E-state index contributed by atoms with van der Waals surface area (Å²) in [6, 6.07) is 12.4. The van der Waals surface area contributed by atoms with E-state index in [2.05, 4.69) is 5.32 Å². The summed E-state index contributed by atoms with van der Waals surface area (Å²) in [7, 11) is 2.99. The van der Waals surface area contributed by atoms with Crippen LogP contribution in [0.5, 0.6) is 11.5 Å². The number of amides is 1. The van der Waals surface area contributed by atoms with Crippen molar-refractivity contribution in [3.05, 3.63) is 64.7 Å². The number of rotatable bonds is 8. The van der Waals surface area contributed by atoms with Crippen molar-refractivity contribution in [1.29, 1.82) is 0 Å². The summed E-state index contributed by atoms with van der Waals surface area (Å²) < 4.78 is 15.9. The maximum Gasteiger partial charge on any atom is 0.331 e. The molecule has 29 heavy (non-hydrogen) atoms. The molecule has 0 aromatic heterocycles. The van der Waals surface area contributed by atoms with Crippen molar-refractivity contribution < 1.29 is 23.8 Å². The van der Waals surface area contributed by atoms with E-state index in [0.717, 1.165) is 12.8 Å². The zero-order valence-corrected chi connectivity index (χ0v) is 16.9. The predicted octanol–water partition coefficient (Wildman–Crippen LogP) is 3.93. The molecule has 1 N–H and O–H groups in total. The lowest BCUT2D eigenvalue weighted by Gasteiger charge is -2.17. The second kappa shape index (κ2) is 9.47. The summed E-state index contributed by atoms with van der Waals surface area (Å²) in [6.07, 6.45) is 3.67. The first-order valence-corrected chi connectivity index (χ1v) is 9.55. The van der Waals surface area contributed by atoms with Gasteiger partial charge in [0, 0.05) is 17.7 Å². The van der Waals surface area contributed by atoms with Gasteiger partial charge in [0.2, 0.25) is 6.10 Å². The van der Waals surface area contributed by atoms with Crippen LogP contribution in [0.2, 0.25) is 5.02 Å². The topological polar surface area (TPSA) is 73.9 Å². The molecule has 152 valence electrons. The molecule has 0 aliphatic heterocycles. The van der Waals surface area contributed by atoms with Crippen LogP contribution < -0.4 is 14.8 Å². The van der Waals surface area contributed by atoms with Gasteiger partial charge in [-0.1, -0.05) is 41.9 Å². The molecule has 7 heteroatoms. The van der Waals surface area contributed by atoms with Crippen LogP contribution in [0.1, 0.15) is 30.1 Å². The molecule has 2 aromatic rings. The molecule has 1 saturated carbocycles. The minimum absolute atomic E-state index is 0.164.